The van der Waals surface area contributed by atoms with E-state index in [1.165, 1.54) is 13.2 Å². The number of anilines is 1. The number of hydrogen-bond donors (Lipinski definition) is 0. The second kappa shape index (κ2) is 9.01. The summed E-state index contributed by atoms with van der Waals surface area (Å²) in [6.45, 7) is 3.69. The summed E-state index contributed by atoms with van der Waals surface area (Å²) in [6, 6.07) is 10.7. The van der Waals surface area contributed by atoms with Crippen LogP contribution >= 0.6 is 0 Å². The minimum absolute atomic E-state index is 0.152. The summed E-state index contributed by atoms with van der Waals surface area (Å²) in [5, 5.41) is 0. The normalized spacial score (nSPS) is 17.7. The van der Waals surface area contributed by atoms with Crippen LogP contribution < -0.4 is 9.64 Å². The zero-order valence-electron chi connectivity index (χ0n) is 18.3. The first-order valence-corrected chi connectivity index (χ1v) is 12.5. The summed E-state index contributed by atoms with van der Waals surface area (Å²) in [4.78, 5) is 15.5. The van der Waals surface area contributed by atoms with Gasteiger partial charge >= 0.3 is 0 Å². The predicted molar refractivity (Wildman–Crippen MR) is 121 cm³/mol. The summed E-state index contributed by atoms with van der Waals surface area (Å²) in [5.74, 6) is 0.161. The molecule has 0 spiro atoms. The van der Waals surface area contributed by atoms with Crippen LogP contribution in [-0.2, 0) is 16.4 Å². The number of fused-ring (bicyclic) bond motifs is 1. The van der Waals surface area contributed by atoms with Gasteiger partial charge in [0.05, 0.1) is 17.6 Å². The topological polar surface area (TPSA) is 66.9 Å². The third kappa shape index (κ3) is 4.34. The van der Waals surface area contributed by atoms with Gasteiger partial charge in [-0.1, -0.05) is 30.5 Å². The molecule has 166 valence electrons. The number of aryl methyl sites for hydroxylation is 2. The van der Waals surface area contributed by atoms with Gasteiger partial charge in [0.15, 0.2) is 0 Å². The Kier molecular flexibility index (Phi) is 6.34. The number of benzene rings is 2. The van der Waals surface area contributed by atoms with Crippen LogP contribution in [-0.4, -0.2) is 45.4 Å². The Morgan fingerprint density at radius 1 is 0.935 bits per heavy atom. The number of hydrogen-bond acceptors (Lipinski definition) is 4. The molecule has 0 aromatic heterocycles. The standard InChI is InChI=1S/C24H30N2O4S/c1-18-9-11-22-19(16-18)8-7-15-26(22)24(27)21-17-20(10-12-23(21)30-2)31(28,29)25-13-5-3-4-6-14-25/h9-12,16-17H,3-8,13-15H2,1-2H3. The van der Waals surface area contributed by atoms with E-state index in [1.807, 2.05) is 19.1 Å². The molecule has 2 aromatic carbocycles. The molecule has 31 heavy (non-hydrogen) atoms. The lowest BCUT2D eigenvalue weighted by Gasteiger charge is -2.30. The van der Waals surface area contributed by atoms with E-state index in [2.05, 4.69) is 6.07 Å². The van der Waals surface area contributed by atoms with Crippen molar-refractivity contribution in [3.05, 3.63) is 53.1 Å². The summed E-state index contributed by atoms with van der Waals surface area (Å²) >= 11 is 0. The molecule has 2 aliphatic heterocycles. The number of ether oxygens (including phenoxy) is 1. The zero-order valence-corrected chi connectivity index (χ0v) is 19.1. The fourth-order valence-electron chi connectivity index (χ4n) is 4.53. The van der Waals surface area contributed by atoms with Gasteiger partial charge in [-0.15, -0.1) is 0 Å². The van der Waals surface area contributed by atoms with Crippen LogP contribution in [0.25, 0.3) is 0 Å². The summed E-state index contributed by atoms with van der Waals surface area (Å²) < 4.78 is 33.6. The molecule has 6 nitrogen and oxygen atoms in total. The van der Waals surface area contributed by atoms with Gasteiger partial charge in [-0.05, 0) is 62.4 Å². The van der Waals surface area contributed by atoms with Crippen molar-refractivity contribution in [2.24, 2.45) is 0 Å². The smallest absolute Gasteiger partial charge is 0.262 e. The van der Waals surface area contributed by atoms with E-state index in [0.29, 0.717) is 25.4 Å². The maximum Gasteiger partial charge on any atom is 0.262 e. The molecule has 4 rings (SSSR count). The van der Waals surface area contributed by atoms with Crippen molar-refractivity contribution in [1.29, 1.82) is 0 Å². The molecule has 0 bridgehead atoms. The van der Waals surface area contributed by atoms with Gasteiger partial charge in [-0.25, -0.2) is 8.42 Å². The average molecular weight is 443 g/mol. The maximum absolute atomic E-state index is 13.6. The van der Waals surface area contributed by atoms with Crippen LogP contribution in [0, 0.1) is 6.92 Å². The van der Waals surface area contributed by atoms with Crippen LogP contribution in [0.3, 0.4) is 0 Å². The third-order valence-corrected chi connectivity index (χ3v) is 8.10. The van der Waals surface area contributed by atoms with Crippen LogP contribution in [0.2, 0.25) is 0 Å². The summed E-state index contributed by atoms with van der Waals surface area (Å²) in [6.07, 6.45) is 5.63. The molecule has 2 aliphatic rings. The van der Waals surface area contributed by atoms with Gasteiger partial charge in [0.2, 0.25) is 10.0 Å². The molecule has 0 N–H and O–H groups in total. The Balaban J connectivity index is 1.71. The Bertz CT molecular complexity index is 1070. The molecule has 0 saturated carbocycles. The molecule has 0 atom stereocenters. The fraction of sp³-hybridized carbons (Fsp3) is 0.458. The first kappa shape index (κ1) is 21.8. The molecule has 0 unspecified atom stereocenters. The highest BCUT2D eigenvalue weighted by atomic mass is 32.2. The van der Waals surface area contributed by atoms with Crippen molar-refractivity contribution in [3.8, 4) is 5.75 Å². The molecule has 1 fully saturated rings. The van der Waals surface area contributed by atoms with E-state index in [9.17, 15) is 13.2 Å². The van der Waals surface area contributed by atoms with E-state index in [4.69, 9.17) is 4.74 Å². The highest BCUT2D eigenvalue weighted by Gasteiger charge is 2.30. The molecule has 0 aliphatic carbocycles. The van der Waals surface area contributed by atoms with Crippen molar-refractivity contribution in [1.82, 2.24) is 4.31 Å². The maximum atomic E-state index is 13.6. The third-order valence-electron chi connectivity index (χ3n) is 6.20. The Morgan fingerprint density at radius 3 is 2.39 bits per heavy atom. The molecule has 2 heterocycles. The average Bonchev–Trinajstić information content (AvgIpc) is 3.08. The molecular formula is C24H30N2O4S. The van der Waals surface area contributed by atoms with Crippen LogP contribution in [0.1, 0.15) is 53.6 Å². The summed E-state index contributed by atoms with van der Waals surface area (Å²) in [5.41, 5.74) is 3.49. The molecule has 1 saturated heterocycles. The largest absolute Gasteiger partial charge is 0.496 e. The highest BCUT2D eigenvalue weighted by molar-refractivity contribution is 7.89. The lowest BCUT2D eigenvalue weighted by molar-refractivity contribution is 0.0982. The van der Waals surface area contributed by atoms with Crippen molar-refractivity contribution in [2.45, 2.75) is 50.3 Å². The quantitative estimate of drug-likeness (QED) is 0.713. The monoisotopic (exact) mass is 442 g/mol. The molecule has 0 radical (unpaired) electrons. The second-order valence-corrected chi connectivity index (χ2v) is 10.3. The number of carbonyl (C=O) groups excluding carboxylic acids is 1. The second-order valence-electron chi connectivity index (χ2n) is 8.37. The van der Waals surface area contributed by atoms with Crippen LogP contribution in [0.15, 0.2) is 41.3 Å². The van der Waals surface area contributed by atoms with Crippen LogP contribution in [0.5, 0.6) is 5.75 Å². The van der Waals surface area contributed by atoms with Gasteiger partial charge in [-0.2, -0.15) is 4.31 Å². The zero-order chi connectivity index (χ0) is 22.0. The van der Waals surface area contributed by atoms with E-state index < -0.39 is 10.0 Å². The van der Waals surface area contributed by atoms with Gasteiger partial charge in [0, 0.05) is 25.3 Å². The minimum Gasteiger partial charge on any atom is -0.496 e. The number of methoxy groups -OCH3 is 1. The van der Waals surface area contributed by atoms with E-state index in [-0.39, 0.29) is 16.4 Å². The van der Waals surface area contributed by atoms with E-state index >= 15 is 0 Å². The van der Waals surface area contributed by atoms with E-state index in [0.717, 1.165) is 55.3 Å². The molecule has 2 aromatic rings. The highest BCUT2D eigenvalue weighted by Crippen LogP contribution is 2.32. The SMILES string of the molecule is COc1ccc(S(=O)(=O)N2CCCCCC2)cc1C(=O)N1CCCc2cc(C)ccc21. The lowest BCUT2D eigenvalue weighted by atomic mass is 9.98. The fourth-order valence-corrected chi connectivity index (χ4v) is 6.07. The Hall–Kier alpha value is -2.38. The number of rotatable bonds is 4. The van der Waals surface area contributed by atoms with Crippen molar-refractivity contribution < 1.29 is 17.9 Å². The predicted octanol–water partition coefficient (Wildman–Crippen LogP) is 4.16. The molecule has 1 amide bonds. The first-order chi connectivity index (χ1) is 14.9. The van der Waals surface area contributed by atoms with Crippen LogP contribution in [0.4, 0.5) is 5.69 Å². The molecule has 7 heteroatoms. The number of nitrogens with zero attached hydrogens (tertiary/aromatic N) is 2. The Morgan fingerprint density at radius 2 is 1.68 bits per heavy atom. The first-order valence-electron chi connectivity index (χ1n) is 11.0. The summed E-state index contributed by atoms with van der Waals surface area (Å²) in [7, 11) is -2.15. The van der Waals surface area contributed by atoms with E-state index in [1.54, 1.807) is 21.3 Å². The Labute approximate surface area is 184 Å². The number of amides is 1. The number of carbonyl (C=O) groups is 1. The lowest BCUT2D eigenvalue weighted by Crippen LogP contribution is -2.36. The van der Waals surface area contributed by atoms with Gasteiger partial charge in [0.1, 0.15) is 5.75 Å². The van der Waals surface area contributed by atoms with Crippen molar-refractivity contribution >= 4 is 21.6 Å². The number of sulfonamides is 1. The van der Waals surface area contributed by atoms with Gasteiger partial charge < -0.3 is 9.64 Å². The van der Waals surface area contributed by atoms with Crippen molar-refractivity contribution in [2.75, 3.05) is 31.6 Å². The molecular weight excluding hydrogens is 412 g/mol. The minimum atomic E-state index is -3.66. The van der Waals surface area contributed by atoms with Crippen molar-refractivity contribution in [3.63, 3.8) is 0 Å². The van der Waals surface area contributed by atoms with Gasteiger partial charge in [-0.3, -0.25) is 4.79 Å². The van der Waals surface area contributed by atoms with Gasteiger partial charge in [0.25, 0.3) is 5.91 Å².